The number of hydrogen-bond donors (Lipinski definition) is 2. The van der Waals surface area contributed by atoms with Crippen molar-refractivity contribution >= 4 is 28.7 Å². The number of esters is 1. The Morgan fingerprint density at radius 2 is 1.62 bits per heavy atom. The molecule has 6 rings (SSSR count). The zero-order valence-electron chi connectivity index (χ0n) is 21.7. The van der Waals surface area contributed by atoms with E-state index in [0.29, 0.717) is 34.1 Å². The molecule has 9 nitrogen and oxygen atoms in total. The van der Waals surface area contributed by atoms with E-state index in [1.54, 1.807) is 18.2 Å². The Hall–Kier alpha value is -3.50. The molecule has 202 valence electrons. The van der Waals surface area contributed by atoms with E-state index in [1.165, 1.54) is 0 Å². The number of fused-ring (bicyclic) bond motifs is 2. The summed E-state index contributed by atoms with van der Waals surface area (Å²) in [6.07, 6.45) is -1.75. The Bertz CT molecular complexity index is 1510. The Kier molecular flexibility index (Phi) is 6.55. The molecule has 39 heavy (non-hydrogen) atoms. The Balaban J connectivity index is 1.18. The number of nitrogens with one attached hydrogen (secondary N) is 1. The summed E-state index contributed by atoms with van der Waals surface area (Å²) >= 11 is 6.59. The van der Waals surface area contributed by atoms with Gasteiger partial charge >= 0.3 is 5.97 Å². The van der Waals surface area contributed by atoms with Gasteiger partial charge in [-0.2, -0.15) is 4.98 Å². The topological polar surface area (TPSA) is 116 Å². The van der Waals surface area contributed by atoms with Crippen molar-refractivity contribution in [3.05, 3.63) is 65.2 Å². The second-order valence-corrected chi connectivity index (χ2v) is 11.1. The quantitative estimate of drug-likeness (QED) is 0.341. The first kappa shape index (κ1) is 25.8. The first-order chi connectivity index (χ1) is 18.6. The van der Waals surface area contributed by atoms with Gasteiger partial charge in [-0.05, 0) is 50.1 Å². The zero-order valence-corrected chi connectivity index (χ0v) is 22.4. The number of aliphatic hydroxyl groups is 1. The number of carbonyl (C=O) groups is 1. The van der Waals surface area contributed by atoms with Crippen LogP contribution in [0.3, 0.4) is 0 Å². The third-order valence-electron chi connectivity index (χ3n) is 6.66. The van der Waals surface area contributed by atoms with Crippen LogP contribution in [-0.2, 0) is 14.2 Å². The summed E-state index contributed by atoms with van der Waals surface area (Å²) in [6, 6.07) is 17.2. The van der Waals surface area contributed by atoms with E-state index in [4.69, 9.17) is 30.5 Å². The number of halogens is 1. The van der Waals surface area contributed by atoms with E-state index in [9.17, 15) is 9.90 Å². The number of benzene rings is 2. The van der Waals surface area contributed by atoms with Gasteiger partial charge in [0.1, 0.15) is 23.9 Å². The monoisotopic (exact) mass is 549 g/mol. The van der Waals surface area contributed by atoms with Gasteiger partial charge in [0, 0.05) is 5.56 Å². The molecular weight excluding hydrogens is 522 g/mol. The minimum Gasteiger partial charge on any atom is -0.456 e. The fourth-order valence-corrected chi connectivity index (χ4v) is 5.06. The fourth-order valence-electron chi connectivity index (χ4n) is 4.80. The van der Waals surface area contributed by atoms with Crippen molar-refractivity contribution in [2.45, 2.75) is 50.8 Å². The predicted molar refractivity (Wildman–Crippen MR) is 145 cm³/mol. The molecule has 2 aliphatic rings. The Morgan fingerprint density at radius 3 is 2.31 bits per heavy atom. The van der Waals surface area contributed by atoms with Crippen molar-refractivity contribution in [2.24, 2.45) is 0 Å². The maximum atomic E-state index is 12.3. The highest BCUT2D eigenvalue weighted by atomic mass is 35.5. The van der Waals surface area contributed by atoms with Gasteiger partial charge < -0.3 is 29.0 Å². The Morgan fingerprint density at radius 1 is 0.974 bits per heavy atom. The molecule has 0 bridgehead atoms. The van der Waals surface area contributed by atoms with Gasteiger partial charge in [-0.25, -0.2) is 9.78 Å². The first-order valence-electron chi connectivity index (χ1n) is 12.7. The summed E-state index contributed by atoms with van der Waals surface area (Å²) < 4.78 is 22.7. The SMILES string of the molecule is CC(C)(C)OC(=O)c1ccc(-c2ccc(-c3nc4nc(O[C@@H]5CO[C@H]6[C@@H]5OC[C@H]6O)[nH]c4cc3Cl)cc2)cc1. The van der Waals surface area contributed by atoms with E-state index in [0.717, 1.165) is 16.7 Å². The maximum Gasteiger partial charge on any atom is 0.338 e. The minimum atomic E-state index is -0.648. The number of H-pyrrole nitrogens is 1. The molecule has 2 aromatic heterocycles. The third kappa shape index (κ3) is 5.23. The maximum absolute atomic E-state index is 12.3. The van der Waals surface area contributed by atoms with E-state index < -0.39 is 11.7 Å². The molecular formula is C29H28ClN3O6. The molecule has 0 amide bonds. The molecule has 4 aromatic rings. The molecule has 0 unspecified atom stereocenters. The molecule has 2 fully saturated rings. The lowest BCUT2D eigenvalue weighted by molar-refractivity contribution is 0.00683. The molecule has 2 saturated heterocycles. The summed E-state index contributed by atoms with van der Waals surface area (Å²) in [6.45, 7) is 6.06. The number of aromatic amines is 1. The van der Waals surface area contributed by atoms with Crippen LogP contribution in [-0.4, -0.2) is 69.3 Å². The second kappa shape index (κ2) is 9.91. The van der Waals surface area contributed by atoms with Crippen molar-refractivity contribution in [1.82, 2.24) is 15.0 Å². The summed E-state index contributed by atoms with van der Waals surface area (Å²) in [5, 5.41) is 10.4. The predicted octanol–water partition coefficient (Wildman–Crippen LogP) is 4.81. The van der Waals surface area contributed by atoms with Crippen LogP contribution in [0.25, 0.3) is 33.5 Å². The highest BCUT2D eigenvalue weighted by Crippen LogP contribution is 2.33. The average molecular weight is 550 g/mol. The number of aliphatic hydroxyl groups excluding tert-OH is 1. The van der Waals surface area contributed by atoms with Crippen LogP contribution < -0.4 is 4.74 Å². The van der Waals surface area contributed by atoms with Gasteiger partial charge in [0.15, 0.2) is 11.8 Å². The molecule has 2 N–H and O–H groups in total. The number of rotatable bonds is 5. The standard InChI is InChI=1S/C29H28ClN3O6/c1-29(2,3)39-27(35)18-10-6-16(7-11-18)15-4-8-17(9-5-15)23-19(30)12-20-26(32-23)33-28(31-20)38-22-14-37-24-21(34)13-36-25(22)24/h4-12,21-22,24-25,34H,13-14H2,1-3H3,(H,31,32,33)/t21-,22-,24-,25-/m1/s1. The number of pyridine rings is 1. The molecule has 2 aromatic carbocycles. The third-order valence-corrected chi connectivity index (χ3v) is 6.95. The molecule has 4 heterocycles. The van der Waals surface area contributed by atoms with Crippen LogP contribution in [0, 0.1) is 0 Å². The smallest absolute Gasteiger partial charge is 0.338 e. The van der Waals surface area contributed by atoms with Crippen molar-refractivity contribution in [3.8, 4) is 28.4 Å². The first-order valence-corrected chi connectivity index (χ1v) is 13.1. The molecule has 2 aliphatic heterocycles. The zero-order chi connectivity index (χ0) is 27.3. The van der Waals surface area contributed by atoms with Crippen LogP contribution in [0.4, 0.5) is 0 Å². The highest BCUT2D eigenvalue weighted by Gasteiger charge is 2.48. The van der Waals surface area contributed by atoms with E-state index >= 15 is 0 Å². The summed E-state index contributed by atoms with van der Waals surface area (Å²) in [7, 11) is 0. The van der Waals surface area contributed by atoms with Crippen molar-refractivity contribution < 1.29 is 28.8 Å². The molecule has 0 saturated carbocycles. The van der Waals surface area contributed by atoms with Crippen molar-refractivity contribution in [2.75, 3.05) is 13.2 Å². The molecule has 0 spiro atoms. The van der Waals surface area contributed by atoms with Crippen molar-refractivity contribution in [3.63, 3.8) is 0 Å². The van der Waals surface area contributed by atoms with Crippen LogP contribution in [0.2, 0.25) is 5.02 Å². The summed E-state index contributed by atoms with van der Waals surface area (Å²) in [4.78, 5) is 24.6. The van der Waals surface area contributed by atoms with E-state index in [-0.39, 0.29) is 36.9 Å². The van der Waals surface area contributed by atoms with Gasteiger partial charge in [0.25, 0.3) is 6.01 Å². The van der Waals surface area contributed by atoms with Crippen LogP contribution in [0.5, 0.6) is 6.01 Å². The van der Waals surface area contributed by atoms with Crippen LogP contribution >= 0.6 is 11.6 Å². The van der Waals surface area contributed by atoms with Gasteiger partial charge in [-0.3, -0.25) is 0 Å². The number of aromatic nitrogens is 3. The normalized spacial score (nSPS) is 22.7. The number of carbonyl (C=O) groups excluding carboxylic acids is 1. The van der Waals surface area contributed by atoms with E-state index in [1.807, 2.05) is 57.2 Å². The fraction of sp³-hybridized carbons (Fsp3) is 0.345. The second-order valence-electron chi connectivity index (χ2n) is 10.7. The van der Waals surface area contributed by atoms with Crippen molar-refractivity contribution in [1.29, 1.82) is 0 Å². The lowest BCUT2D eigenvalue weighted by atomic mass is 10.0. The number of ether oxygens (including phenoxy) is 4. The summed E-state index contributed by atoms with van der Waals surface area (Å²) in [5.41, 5.74) is 4.45. The minimum absolute atomic E-state index is 0.228. The average Bonchev–Trinajstić information content (AvgIpc) is 3.59. The highest BCUT2D eigenvalue weighted by molar-refractivity contribution is 6.33. The molecule has 0 aliphatic carbocycles. The van der Waals surface area contributed by atoms with E-state index in [2.05, 4.69) is 15.0 Å². The summed E-state index contributed by atoms with van der Waals surface area (Å²) in [5.74, 6) is -0.348. The van der Waals surface area contributed by atoms with Gasteiger partial charge in [-0.1, -0.05) is 48.0 Å². The van der Waals surface area contributed by atoms with Crippen LogP contribution in [0.1, 0.15) is 31.1 Å². The molecule has 0 radical (unpaired) electrons. The van der Waals surface area contributed by atoms with Gasteiger partial charge in [0.05, 0.1) is 35.0 Å². The number of nitrogens with zero attached hydrogens (tertiary/aromatic N) is 2. The number of imidazole rings is 1. The number of hydrogen-bond acceptors (Lipinski definition) is 8. The lowest BCUT2D eigenvalue weighted by Gasteiger charge is -2.19. The van der Waals surface area contributed by atoms with Gasteiger partial charge in [0.2, 0.25) is 0 Å². The largest absolute Gasteiger partial charge is 0.456 e. The van der Waals surface area contributed by atoms with Crippen LogP contribution in [0.15, 0.2) is 54.6 Å². The molecule has 10 heteroatoms. The lowest BCUT2D eigenvalue weighted by Crippen LogP contribution is -2.34. The Labute approximate surface area is 230 Å². The molecule has 4 atom stereocenters. The van der Waals surface area contributed by atoms with Gasteiger partial charge in [-0.15, -0.1) is 0 Å².